The fourth-order valence-corrected chi connectivity index (χ4v) is 4.85. The third-order valence-corrected chi connectivity index (χ3v) is 6.09. The lowest BCUT2D eigenvalue weighted by Gasteiger charge is -2.15. The van der Waals surface area contributed by atoms with Crippen molar-refractivity contribution < 1.29 is 14.3 Å². The molecule has 3 rings (SSSR count). The van der Waals surface area contributed by atoms with E-state index in [1.807, 2.05) is 36.2 Å². The number of carbonyl (C=O) groups is 2. The highest BCUT2D eigenvalue weighted by molar-refractivity contribution is 8.27. The van der Waals surface area contributed by atoms with Gasteiger partial charge in [-0.1, -0.05) is 47.9 Å². The zero-order valence-electron chi connectivity index (χ0n) is 11.6. The monoisotopic (exact) mass is 352 g/mol. The Morgan fingerprint density at radius 3 is 2.82 bits per heavy atom. The average Bonchev–Trinajstić information content (AvgIpc) is 2.99. The standard InChI is InChI=1S/C14H12N2O3S3/c1-15-9-4-2-3-5-10(9)21-13(15)11-12(18)16(14(20)22-11)6-7-19-8-17/h2-5,8H,6-7H2,1H3/b13-11+. The Balaban J connectivity index is 1.86. The van der Waals surface area contributed by atoms with Crippen molar-refractivity contribution in [3.05, 3.63) is 34.2 Å². The molecule has 0 atom stereocenters. The maximum absolute atomic E-state index is 12.6. The topological polar surface area (TPSA) is 49.9 Å². The number of nitrogens with zero attached hydrogens (tertiary/aromatic N) is 2. The second kappa shape index (κ2) is 6.31. The number of anilines is 1. The van der Waals surface area contributed by atoms with Crippen LogP contribution in [0.1, 0.15) is 0 Å². The molecule has 1 aromatic carbocycles. The van der Waals surface area contributed by atoms with Crippen molar-refractivity contribution in [1.82, 2.24) is 4.90 Å². The van der Waals surface area contributed by atoms with Crippen molar-refractivity contribution in [2.45, 2.75) is 4.90 Å². The molecule has 22 heavy (non-hydrogen) atoms. The minimum Gasteiger partial charge on any atom is -0.466 e. The van der Waals surface area contributed by atoms with Crippen LogP contribution in [0.2, 0.25) is 0 Å². The predicted octanol–water partition coefficient (Wildman–Crippen LogP) is 2.43. The summed E-state index contributed by atoms with van der Waals surface area (Å²) in [6.45, 7) is 0.788. The molecule has 2 aliphatic rings. The van der Waals surface area contributed by atoms with E-state index in [2.05, 4.69) is 4.74 Å². The van der Waals surface area contributed by atoms with Gasteiger partial charge in [-0.05, 0) is 12.1 Å². The molecular weight excluding hydrogens is 340 g/mol. The molecule has 1 saturated heterocycles. The first kappa shape index (κ1) is 15.4. The van der Waals surface area contributed by atoms with Gasteiger partial charge in [-0.3, -0.25) is 14.5 Å². The number of thiocarbonyl (C=S) groups is 1. The molecule has 1 amide bonds. The molecule has 0 saturated carbocycles. The summed E-state index contributed by atoms with van der Waals surface area (Å²) in [5.41, 5.74) is 1.08. The number of rotatable bonds is 4. The molecular formula is C14H12N2O3S3. The van der Waals surface area contributed by atoms with Crippen molar-refractivity contribution >= 4 is 58.1 Å². The molecule has 1 aromatic rings. The number of fused-ring (bicyclic) bond motifs is 1. The number of para-hydroxylation sites is 1. The summed E-state index contributed by atoms with van der Waals surface area (Å²) in [4.78, 5) is 28.0. The zero-order chi connectivity index (χ0) is 15.7. The number of amides is 1. The third-order valence-electron chi connectivity index (χ3n) is 3.28. The predicted molar refractivity (Wildman–Crippen MR) is 91.6 cm³/mol. The lowest BCUT2D eigenvalue weighted by atomic mass is 10.3. The SMILES string of the molecule is CN1/C(=C2\SC(=S)N(CCOC=O)C2=O)Sc2ccccc21. The molecule has 8 heteroatoms. The van der Waals surface area contributed by atoms with Crippen LogP contribution in [0.15, 0.2) is 39.1 Å². The summed E-state index contributed by atoms with van der Waals surface area (Å²) in [7, 11) is 1.94. The summed E-state index contributed by atoms with van der Waals surface area (Å²) in [6.07, 6.45) is 0. The van der Waals surface area contributed by atoms with E-state index in [9.17, 15) is 9.59 Å². The molecule has 2 aliphatic heterocycles. The van der Waals surface area contributed by atoms with Gasteiger partial charge in [0.15, 0.2) is 0 Å². The molecule has 2 heterocycles. The van der Waals surface area contributed by atoms with Gasteiger partial charge in [0, 0.05) is 11.9 Å². The highest BCUT2D eigenvalue weighted by Crippen LogP contribution is 2.49. The molecule has 0 spiro atoms. The molecule has 0 aliphatic carbocycles. The van der Waals surface area contributed by atoms with Gasteiger partial charge in [-0.15, -0.1) is 0 Å². The fourth-order valence-electron chi connectivity index (χ4n) is 2.21. The van der Waals surface area contributed by atoms with E-state index >= 15 is 0 Å². The number of hydrogen-bond donors (Lipinski definition) is 0. The quantitative estimate of drug-likeness (QED) is 0.357. The van der Waals surface area contributed by atoms with Crippen LogP contribution in [0.4, 0.5) is 5.69 Å². The molecule has 0 N–H and O–H groups in total. The Bertz CT molecular complexity index is 690. The third kappa shape index (κ3) is 2.62. The van der Waals surface area contributed by atoms with E-state index in [4.69, 9.17) is 12.2 Å². The van der Waals surface area contributed by atoms with Crippen molar-refractivity contribution in [1.29, 1.82) is 0 Å². The molecule has 0 radical (unpaired) electrons. The number of ether oxygens (including phenoxy) is 1. The number of thioether (sulfide) groups is 2. The second-order valence-corrected chi connectivity index (χ2v) is 7.23. The minimum absolute atomic E-state index is 0.133. The molecule has 0 bridgehead atoms. The summed E-state index contributed by atoms with van der Waals surface area (Å²) in [5.74, 6) is -0.133. The van der Waals surface area contributed by atoms with E-state index < -0.39 is 0 Å². The largest absolute Gasteiger partial charge is 0.466 e. The Morgan fingerprint density at radius 1 is 1.32 bits per heavy atom. The lowest BCUT2D eigenvalue weighted by molar-refractivity contribution is -0.130. The number of carbonyl (C=O) groups excluding carboxylic acids is 2. The lowest BCUT2D eigenvalue weighted by Crippen LogP contribution is -2.32. The summed E-state index contributed by atoms with van der Waals surface area (Å²) in [5, 5.41) is 0.886. The normalized spacial score (nSPS) is 20.6. The molecule has 114 valence electrons. The van der Waals surface area contributed by atoms with E-state index in [1.54, 1.807) is 11.8 Å². The van der Waals surface area contributed by atoms with E-state index in [0.717, 1.165) is 15.6 Å². The van der Waals surface area contributed by atoms with Crippen LogP contribution in [0, 0.1) is 0 Å². The van der Waals surface area contributed by atoms with Crippen LogP contribution in [-0.4, -0.2) is 41.8 Å². The van der Waals surface area contributed by atoms with Gasteiger partial charge >= 0.3 is 0 Å². The van der Waals surface area contributed by atoms with Crippen LogP contribution in [0.5, 0.6) is 0 Å². The van der Waals surface area contributed by atoms with Crippen LogP contribution >= 0.6 is 35.7 Å². The van der Waals surface area contributed by atoms with Crippen molar-refractivity contribution in [3.63, 3.8) is 0 Å². The first-order valence-electron chi connectivity index (χ1n) is 6.47. The van der Waals surface area contributed by atoms with Crippen molar-refractivity contribution in [2.24, 2.45) is 0 Å². The zero-order valence-corrected chi connectivity index (χ0v) is 14.1. The van der Waals surface area contributed by atoms with Crippen LogP contribution in [0.25, 0.3) is 0 Å². The molecule has 5 nitrogen and oxygen atoms in total. The van der Waals surface area contributed by atoms with Gasteiger partial charge in [0.25, 0.3) is 12.4 Å². The van der Waals surface area contributed by atoms with Crippen molar-refractivity contribution in [2.75, 3.05) is 25.1 Å². The fraction of sp³-hybridized carbons (Fsp3) is 0.214. The van der Waals surface area contributed by atoms with Crippen LogP contribution in [0.3, 0.4) is 0 Å². The first-order chi connectivity index (χ1) is 10.6. The average molecular weight is 352 g/mol. The van der Waals surface area contributed by atoms with Gasteiger partial charge in [0.2, 0.25) is 0 Å². The van der Waals surface area contributed by atoms with Gasteiger partial charge in [-0.25, -0.2) is 0 Å². The Morgan fingerprint density at radius 2 is 2.09 bits per heavy atom. The smallest absolute Gasteiger partial charge is 0.293 e. The Hall–Kier alpha value is -1.51. The van der Waals surface area contributed by atoms with Gasteiger partial charge in [0.05, 0.1) is 17.3 Å². The maximum atomic E-state index is 12.6. The van der Waals surface area contributed by atoms with Gasteiger partial charge in [-0.2, -0.15) is 0 Å². The molecule has 0 aromatic heterocycles. The summed E-state index contributed by atoms with van der Waals surface area (Å²) < 4.78 is 5.14. The van der Waals surface area contributed by atoms with Gasteiger partial charge in [0.1, 0.15) is 15.8 Å². The summed E-state index contributed by atoms with van der Waals surface area (Å²) in [6, 6.07) is 8.00. The van der Waals surface area contributed by atoms with Crippen LogP contribution in [-0.2, 0) is 14.3 Å². The maximum Gasteiger partial charge on any atom is 0.293 e. The van der Waals surface area contributed by atoms with Crippen LogP contribution < -0.4 is 4.90 Å². The number of hydrogen-bond acceptors (Lipinski definition) is 7. The van der Waals surface area contributed by atoms with E-state index in [-0.39, 0.29) is 19.1 Å². The number of benzene rings is 1. The highest BCUT2D eigenvalue weighted by atomic mass is 32.2. The highest BCUT2D eigenvalue weighted by Gasteiger charge is 2.37. The molecule has 1 fully saturated rings. The summed E-state index contributed by atoms with van der Waals surface area (Å²) >= 11 is 8.13. The van der Waals surface area contributed by atoms with E-state index in [1.165, 1.54) is 16.7 Å². The minimum atomic E-state index is -0.133. The Kier molecular flexibility index (Phi) is 4.42. The van der Waals surface area contributed by atoms with Gasteiger partial charge < -0.3 is 9.64 Å². The van der Waals surface area contributed by atoms with E-state index in [0.29, 0.717) is 15.7 Å². The molecule has 0 unspecified atom stereocenters. The second-order valence-electron chi connectivity index (χ2n) is 4.55. The van der Waals surface area contributed by atoms with Crippen molar-refractivity contribution in [3.8, 4) is 0 Å². The Labute approximate surface area is 141 Å². The first-order valence-corrected chi connectivity index (χ1v) is 8.51.